The molecule has 0 aromatic heterocycles. The van der Waals surface area contributed by atoms with Crippen LogP contribution in [0.25, 0.3) is 0 Å². The molecule has 4 heteroatoms. The predicted octanol–water partition coefficient (Wildman–Crippen LogP) is 6.06. The van der Waals surface area contributed by atoms with Crippen molar-refractivity contribution >= 4 is 5.69 Å². The van der Waals surface area contributed by atoms with E-state index in [4.69, 9.17) is 14.2 Å². The minimum absolute atomic E-state index is 0.562. The van der Waals surface area contributed by atoms with Gasteiger partial charge in [0.2, 0.25) is 0 Å². The van der Waals surface area contributed by atoms with Gasteiger partial charge in [-0.1, -0.05) is 56.9 Å². The number of rotatable bonds is 15. The number of benzene rings is 2. The Hall–Kier alpha value is -2.20. The molecule has 0 bridgehead atoms. The van der Waals surface area contributed by atoms with Crippen molar-refractivity contribution in [2.45, 2.75) is 52.5 Å². The molecular formula is C24H35NO3. The average molecular weight is 386 g/mol. The Labute approximate surface area is 170 Å². The summed E-state index contributed by atoms with van der Waals surface area (Å²) >= 11 is 0. The fourth-order valence-corrected chi connectivity index (χ4v) is 2.93. The molecule has 0 aliphatic heterocycles. The van der Waals surface area contributed by atoms with Crippen molar-refractivity contribution in [2.75, 3.05) is 31.7 Å². The summed E-state index contributed by atoms with van der Waals surface area (Å²) in [7, 11) is 0. The summed E-state index contributed by atoms with van der Waals surface area (Å²) in [6.07, 6.45) is 6.25. The first-order valence-electron chi connectivity index (χ1n) is 10.6. The van der Waals surface area contributed by atoms with Crippen molar-refractivity contribution < 1.29 is 14.2 Å². The van der Waals surface area contributed by atoms with E-state index in [1.165, 1.54) is 25.7 Å². The monoisotopic (exact) mass is 385 g/mol. The molecule has 0 heterocycles. The molecule has 0 spiro atoms. The molecule has 0 unspecified atom stereocenters. The predicted molar refractivity (Wildman–Crippen MR) is 116 cm³/mol. The Balaban J connectivity index is 1.79. The third kappa shape index (κ3) is 8.66. The van der Waals surface area contributed by atoms with E-state index < -0.39 is 0 Å². The molecule has 1 N–H and O–H groups in total. The maximum absolute atomic E-state index is 5.90. The molecule has 0 aliphatic rings. The quantitative estimate of drug-likeness (QED) is 0.378. The van der Waals surface area contributed by atoms with Gasteiger partial charge in [-0.3, -0.25) is 0 Å². The van der Waals surface area contributed by atoms with Gasteiger partial charge in [0.25, 0.3) is 0 Å². The van der Waals surface area contributed by atoms with Crippen LogP contribution in [0.5, 0.6) is 11.5 Å². The second-order valence-corrected chi connectivity index (χ2v) is 6.80. The Kier molecular flexibility index (Phi) is 11.0. The Morgan fingerprint density at radius 3 is 2.50 bits per heavy atom. The smallest absolute Gasteiger partial charge is 0.124 e. The van der Waals surface area contributed by atoms with E-state index in [0.29, 0.717) is 26.4 Å². The molecule has 154 valence electrons. The highest BCUT2D eigenvalue weighted by Gasteiger charge is 2.04. The van der Waals surface area contributed by atoms with Crippen LogP contribution in [0.4, 0.5) is 5.69 Å². The first kappa shape index (κ1) is 22.1. The van der Waals surface area contributed by atoms with Crippen molar-refractivity contribution in [3.63, 3.8) is 0 Å². The number of hydrogen-bond donors (Lipinski definition) is 1. The van der Waals surface area contributed by atoms with Gasteiger partial charge < -0.3 is 19.5 Å². The lowest BCUT2D eigenvalue weighted by Gasteiger charge is -2.13. The first-order chi connectivity index (χ1) is 13.8. The number of anilines is 1. The minimum atomic E-state index is 0.562. The average Bonchev–Trinajstić information content (AvgIpc) is 2.73. The molecule has 0 saturated heterocycles. The van der Waals surface area contributed by atoms with Crippen LogP contribution >= 0.6 is 0 Å². The molecule has 2 aromatic carbocycles. The molecule has 4 nitrogen and oxygen atoms in total. The third-order valence-corrected chi connectivity index (χ3v) is 4.50. The van der Waals surface area contributed by atoms with Crippen LogP contribution in [0, 0.1) is 0 Å². The van der Waals surface area contributed by atoms with E-state index in [9.17, 15) is 0 Å². The zero-order valence-corrected chi connectivity index (χ0v) is 17.4. The zero-order chi connectivity index (χ0) is 19.9. The van der Waals surface area contributed by atoms with Gasteiger partial charge in [0.1, 0.15) is 18.1 Å². The van der Waals surface area contributed by atoms with Crippen molar-refractivity contribution in [1.82, 2.24) is 0 Å². The van der Waals surface area contributed by atoms with Crippen molar-refractivity contribution in [3.05, 3.63) is 54.1 Å². The summed E-state index contributed by atoms with van der Waals surface area (Å²) in [5.41, 5.74) is 2.17. The Morgan fingerprint density at radius 1 is 0.786 bits per heavy atom. The molecule has 0 fully saturated rings. The van der Waals surface area contributed by atoms with Crippen LogP contribution in [0.3, 0.4) is 0 Å². The van der Waals surface area contributed by atoms with Crippen molar-refractivity contribution in [3.8, 4) is 11.5 Å². The van der Waals surface area contributed by atoms with E-state index in [2.05, 4.69) is 30.4 Å². The van der Waals surface area contributed by atoms with Crippen LogP contribution in [0.1, 0.15) is 51.5 Å². The van der Waals surface area contributed by atoms with Crippen LogP contribution in [-0.4, -0.2) is 26.4 Å². The van der Waals surface area contributed by atoms with Gasteiger partial charge in [0.05, 0.1) is 13.2 Å². The van der Waals surface area contributed by atoms with Gasteiger partial charge in [-0.25, -0.2) is 0 Å². The maximum atomic E-state index is 5.90. The van der Waals surface area contributed by atoms with E-state index in [1.807, 2.05) is 37.3 Å². The maximum Gasteiger partial charge on any atom is 0.124 e. The SMILES string of the molecule is CCCCCCCOc1cccc(NCc2ccccc2OCCOCC)c1. The van der Waals surface area contributed by atoms with Crippen molar-refractivity contribution in [1.29, 1.82) is 0 Å². The summed E-state index contributed by atoms with van der Waals surface area (Å²) in [6, 6.07) is 16.3. The fourth-order valence-electron chi connectivity index (χ4n) is 2.93. The van der Waals surface area contributed by atoms with Crippen LogP contribution < -0.4 is 14.8 Å². The van der Waals surface area contributed by atoms with Gasteiger partial charge in [-0.05, 0) is 31.5 Å². The number of nitrogens with one attached hydrogen (secondary N) is 1. The van der Waals surface area contributed by atoms with E-state index in [-0.39, 0.29) is 0 Å². The lowest BCUT2D eigenvalue weighted by molar-refractivity contribution is 0.110. The fraction of sp³-hybridized carbons (Fsp3) is 0.500. The third-order valence-electron chi connectivity index (χ3n) is 4.50. The van der Waals surface area contributed by atoms with E-state index in [1.54, 1.807) is 0 Å². The summed E-state index contributed by atoms with van der Waals surface area (Å²) in [5.74, 6) is 1.82. The molecule has 0 aliphatic carbocycles. The minimum Gasteiger partial charge on any atom is -0.494 e. The highest BCUT2D eigenvalue weighted by molar-refractivity contribution is 5.49. The summed E-state index contributed by atoms with van der Waals surface area (Å²) in [4.78, 5) is 0. The van der Waals surface area contributed by atoms with Crippen LogP contribution in [-0.2, 0) is 11.3 Å². The molecular weight excluding hydrogens is 350 g/mol. The number of hydrogen-bond acceptors (Lipinski definition) is 4. The zero-order valence-electron chi connectivity index (χ0n) is 17.4. The molecule has 28 heavy (non-hydrogen) atoms. The number of unbranched alkanes of at least 4 members (excludes halogenated alkanes) is 4. The van der Waals surface area contributed by atoms with Crippen LogP contribution in [0.2, 0.25) is 0 Å². The largest absolute Gasteiger partial charge is 0.494 e. The molecule has 0 saturated carbocycles. The van der Waals surface area contributed by atoms with E-state index >= 15 is 0 Å². The second-order valence-electron chi connectivity index (χ2n) is 6.80. The normalized spacial score (nSPS) is 10.6. The second kappa shape index (κ2) is 13.9. The molecule has 0 amide bonds. The van der Waals surface area contributed by atoms with Gasteiger partial charge in [0, 0.05) is 30.5 Å². The van der Waals surface area contributed by atoms with Crippen LogP contribution in [0.15, 0.2) is 48.5 Å². The highest BCUT2D eigenvalue weighted by atomic mass is 16.5. The standard InChI is InChI=1S/C24H35NO3/c1-3-5-6-7-10-16-27-23-14-11-13-22(19-23)25-20-21-12-8-9-15-24(21)28-18-17-26-4-2/h8-9,11-15,19,25H,3-7,10,16-18,20H2,1-2H3. The molecule has 2 aromatic rings. The number of para-hydroxylation sites is 1. The lowest BCUT2D eigenvalue weighted by Crippen LogP contribution is -2.09. The van der Waals surface area contributed by atoms with Crippen molar-refractivity contribution in [2.24, 2.45) is 0 Å². The Morgan fingerprint density at radius 2 is 1.64 bits per heavy atom. The highest BCUT2D eigenvalue weighted by Crippen LogP contribution is 2.22. The summed E-state index contributed by atoms with van der Waals surface area (Å²) in [6.45, 7) is 7.59. The van der Waals surface area contributed by atoms with Gasteiger partial charge in [-0.15, -0.1) is 0 Å². The summed E-state index contributed by atoms with van der Waals surface area (Å²) in [5, 5.41) is 3.47. The number of ether oxygens (including phenoxy) is 3. The molecule has 2 rings (SSSR count). The van der Waals surface area contributed by atoms with Gasteiger partial charge in [-0.2, -0.15) is 0 Å². The van der Waals surface area contributed by atoms with Gasteiger partial charge in [0.15, 0.2) is 0 Å². The lowest BCUT2D eigenvalue weighted by atomic mass is 10.2. The first-order valence-corrected chi connectivity index (χ1v) is 10.6. The molecule has 0 radical (unpaired) electrons. The molecule has 0 atom stereocenters. The summed E-state index contributed by atoms with van der Waals surface area (Å²) < 4.78 is 17.1. The topological polar surface area (TPSA) is 39.7 Å². The van der Waals surface area contributed by atoms with E-state index in [0.717, 1.165) is 35.8 Å². The van der Waals surface area contributed by atoms with Gasteiger partial charge >= 0.3 is 0 Å². The Bertz CT molecular complexity index is 660.